The highest BCUT2D eigenvalue weighted by atomic mass is 32.2. The topological polar surface area (TPSA) is 57.6 Å². The molecule has 18 heavy (non-hydrogen) atoms. The molecule has 0 aliphatic rings. The fourth-order valence-electron chi connectivity index (χ4n) is 1.38. The van der Waals surface area contributed by atoms with Gasteiger partial charge in [-0.05, 0) is 12.1 Å². The molecule has 0 aliphatic heterocycles. The van der Waals surface area contributed by atoms with E-state index in [-0.39, 0.29) is 10.8 Å². The zero-order valence-corrected chi connectivity index (χ0v) is 10.3. The van der Waals surface area contributed by atoms with E-state index in [4.69, 9.17) is 0 Å². The van der Waals surface area contributed by atoms with Gasteiger partial charge in [-0.1, -0.05) is 19.1 Å². The van der Waals surface area contributed by atoms with E-state index in [1.165, 1.54) is 19.1 Å². The number of phenols is 1. The summed E-state index contributed by atoms with van der Waals surface area (Å²) < 4.78 is 60.9. The first-order valence-electron chi connectivity index (χ1n) is 5.03. The van der Waals surface area contributed by atoms with E-state index in [9.17, 15) is 26.7 Å². The van der Waals surface area contributed by atoms with Gasteiger partial charge in [0.15, 0.2) is 0 Å². The normalized spacial score (nSPS) is 12.9. The average Bonchev–Trinajstić information content (AvgIpc) is 2.24. The maximum Gasteiger partial charge on any atom is 0.402 e. The first-order chi connectivity index (χ1) is 8.18. The molecule has 8 heteroatoms. The van der Waals surface area contributed by atoms with Crippen molar-refractivity contribution < 1.29 is 26.7 Å². The van der Waals surface area contributed by atoms with Crippen LogP contribution in [0.25, 0.3) is 0 Å². The van der Waals surface area contributed by atoms with Crippen molar-refractivity contribution in [3.8, 4) is 5.75 Å². The molecule has 0 unspecified atom stereocenters. The predicted molar refractivity (Wildman–Crippen MR) is 58.6 cm³/mol. The Kier molecular flexibility index (Phi) is 4.23. The Bertz CT molecular complexity index is 513. The lowest BCUT2D eigenvalue weighted by Gasteiger charge is -2.22. The van der Waals surface area contributed by atoms with Crippen molar-refractivity contribution in [2.24, 2.45) is 0 Å². The average molecular weight is 283 g/mol. The number of benzene rings is 1. The van der Waals surface area contributed by atoms with Crippen LogP contribution in [0, 0.1) is 0 Å². The lowest BCUT2D eigenvalue weighted by Crippen LogP contribution is -2.38. The summed E-state index contributed by atoms with van der Waals surface area (Å²) in [6.07, 6.45) is -4.63. The minimum atomic E-state index is -4.63. The van der Waals surface area contributed by atoms with E-state index in [0.29, 0.717) is 0 Å². The molecule has 0 spiro atoms. The highest BCUT2D eigenvalue weighted by Gasteiger charge is 2.36. The molecule has 0 radical (unpaired) electrons. The van der Waals surface area contributed by atoms with Crippen molar-refractivity contribution in [2.45, 2.75) is 18.0 Å². The quantitative estimate of drug-likeness (QED) is 0.919. The van der Waals surface area contributed by atoms with E-state index in [2.05, 4.69) is 0 Å². The number of rotatable bonds is 4. The summed E-state index contributed by atoms with van der Waals surface area (Å²) in [5.74, 6) is -0.571. The van der Waals surface area contributed by atoms with Crippen molar-refractivity contribution in [3.63, 3.8) is 0 Å². The molecule has 1 rings (SSSR count). The number of phenolic OH excluding ortho intramolecular Hbond substituents is 1. The van der Waals surface area contributed by atoms with Crippen LogP contribution in [0.15, 0.2) is 29.2 Å². The lowest BCUT2D eigenvalue weighted by atomic mass is 10.3. The number of halogens is 3. The van der Waals surface area contributed by atoms with E-state index in [1.54, 1.807) is 0 Å². The molecule has 0 atom stereocenters. The Morgan fingerprint density at radius 2 is 1.83 bits per heavy atom. The molecule has 1 N–H and O–H groups in total. The largest absolute Gasteiger partial charge is 0.507 e. The molecule has 0 saturated heterocycles. The summed E-state index contributed by atoms with van der Waals surface area (Å²) in [5, 5.41) is 9.40. The Balaban J connectivity index is 3.16. The van der Waals surface area contributed by atoms with Crippen LogP contribution in [0.4, 0.5) is 13.2 Å². The molecule has 1 aromatic carbocycles. The first kappa shape index (κ1) is 14.8. The molecular weight excluding hydrogens is 271 g/mol. The first-order valence-corrected chi connectivity index (χ1v) is 6.47. The predicted octanol–water partition coefficient (Wildman–Crippen LogP) is 1.97. The van der Waals surface area contributed by atoms with Crippen molar-refractivity contribution >= 4 is 10.0 Å². The van der Waals surface area contributed by atoms with Crippen LogP contribution in [0.5, 0.6) is 5.75 Å². The minimum absolute atomic E-state index is 0.266. The Morgan fingerprint density at radius 1 is 1.28 bits per heavy atom. The molecule has 0 bridgehead atoms. The summed E-state index contributed by atoms with van der Waals surface area (Å²) >= 11 is 0. The van der Waals surface area contributed by atoms with Gasteiger partial charge >= 0.3 is 6.18 Å². The van der Waals surface area contributed by atoms with E-state index in [0.717, 1.165) is 12.1 Å². The van der Waals surface area contributed by atoms with Crippen LogP contribution in [0.1, 0.15) is 6.92 Å². The Labute approximate surface area is 103 Å². The van der Waals surface area contributed by atoms with Crippen LogP contribution in [0.2, 0.25) is 0 Å². The Morgan fingerprint density at radius 3 is 2.28 bits per heavy atom. The van der Waals surface area contributed by atoms with Crippen molar-refractivity contribution in [1.29, 1.82) is 0 Å². The number of hydrogen-bond donors (Lipinski definition) is 1. The number of hydrogen-bond acceptors (Lipinski definition) is 3. The third-order valence-electron chi connectivity index (χ3n) is 2.19. The maximum absolute atomic E-state index is 12.3. The van der Waals surface area contributed by atoms with Gasteiger partial charge in [0.1, 0.15) is 17.2 Å². The molecular formula is C10H12F3NO3S. The number of aromatic hydroxyl groups is 1. The van der Waals surface area contributed by atoms with Crippen molar-refractivity contribution in [1.82, 2.24) is 4.31 Å². The smallest absolute Gasteiger partial charge is 0.402 e. The standard InChI is InChI=1S/C10H12F3NO3S/c1-2-14(7-10(11,12)13)18(16,17)9-6-4-3-5-8(9)15/h3-6,15H,2,7H2,1H3. The summed E-state index contributed by atoms with van der Waals surface area (Å²) in [5.41, 5.74) is 0. The molecule has 0 amide bonds. The maximum atomic E-state index is 12.3. The highest BCUT2D eigenvalue weighted by molar-refractivity contribution is 7.89. The van der Waals surface area contributed by atoms with Crippen LogP contribution < -0.4 is 0 Å². The van der Waals surface area contributed by atoms with Crippen LogP contribution in [0.3, 0.4) is 0 Å². The molecule has 0 aromatic heterocycles. The number of para-hydroxylation sites is 1. The van der Waals surface area contributed by atoms with Gasteiger partial charge in [-0.3, -0.25) is 0 Å². The second kappa shape index (κ2) is 5.15. The fourth-order valence-corrected chi connectivity index (χ4v) is 2.90. The molecule has 0 heterocycles. The van der Waals surface area contributed by atoms with Crippen molar-refractivity contribution in [3.05, 3.63) is 24.3 Å². The van der Waals surface area contributed by atoms with E-state index in [1.807, 2.05) is 0 Å². The van der Waals surface area contributed by atoms with E-state index < -0.39 is 33.4 Å². The zero-order valence-electron chi connectivity index (χ0n) is 9.48. The van der Waals surface area contributed by atoms with E-state index >= 15 is 0 Å². The SMILES string of the molecule is CCN(CC(F)(F)F)S(=O)(=O)c1ccccc1O. The molecule has 4 nitrogen and oxygen atoms in total. The second-order valence-electron chi connectivity index (χ2n) is 3.51. The highest BCUT2D eigenvalue weighted by Crippen LogP contribution is 2.27. The van der Waals surface area contributed by atoms with Gasteiger partial charge in [0.05, 0.1) is 0 Å². The number of nitrogens with zero attached hydrogens (tertiary/aromatic N) is 1. The molecule has 0 saturated carbocycles. The van der Waals surface area contributed by atoms with Crippen molar-refractivity contribution in [2.75, 3.05) is 13.1 Å². The lowest BCUT2D eigenvalue weighted by molar-refractivity contribution is -0.135. The summed E-state index contributed by atoms with van der Waals surface area (Å²) in [6, 6.07) is 4.88. The monoisotopic (exact) mass is 283 g/mol. The van der Waals surface area contributed by atoms with Crippen LogP contribution in [-0.2, 0) is 10.0 Å². The molecule has 102 valence electrons. The second-order valence-corrected chi connectivity index (χ2v) is 5.42. The summed E-state index contributed by atoms with van der Waals surface area (Å²) in [6.45, 7) is -0.625. The minimum Gasteiger partial charge on any atom is -0.507 e. The van der Waals surface area contributed by atoms with Crippen LogP contribution in [-0.4, -0.2) is 37.1 Å². The van der Waals surface area contributed by atoms with Crippen LogP contribution >= 0.6 is 0 Å². The third kappa shape index (κ3) is 3.36. The molecule has 0 aliphatic carbocycles. The zero-order chi connectivity index (χ0) is 14.0. The Hall–Kier alpha value is -1.28. The number of alkyl halides is 3. The van der Waals surface area contributed by atoms with Gasteiger partial charge in [0.25, 0.3) is 0 Å². The van der Waals surface area contributed by atoms with Gasteiger partial charge in [-0.2, -0.15) is 17.5 Å². The fraction of sp³-hybridized carbons (Fsp3) is 0.400. The molecule has 0 fully saturated rings. The van der Waals surface area contributed by atoms with Gasteiger partial charge in [-0.15, -0.1) is 0 Å². The van der Waals surface area contributed by atoms with Gasteiger partial charge in [-0.25, -0.2) is 8.42 Å². The molecule has 1 aromatic rings. The van der Waals surface area contributed by atoms with Gasteiger partial charge in [0, 0.05) is 6.54 Å². The third-order valence-corrected chi connectivity index (χ3v) is 4.16. The van der Waals surface area contributed by atoms with Gasteiger partial charge in [0.2, 0.25) is 10.0 Å². The summed E-state index contributed by atoms with van der Waals surface area (Å²) in [4.78, 5) is -0.531. The summed E-state index contributed by atoms with van der Waals surface area (Å²) in [7, 11) is -4.35. The van der Waals surface area contributed by atoms with Gasteiger partial charge < -0.3 is 5.11 Å². The number of sulfonamides is 1.